The number of hydrogen-bond acceptors (Lipinski definition) is 4. The van der Waals surface area contributed by atoms with Crippen LogP contribution in [0, 0.1) is 6.92 Å². The lowest BCUT2D eigenvalue weighted by Crippen LogP contribution is -2.30. The highest BCUT2D eigenvalue weighted by Gasteiger charge is 2.17. The summed E-state index contributed by atoms with van der Waals surface area (Å²) in [7, 11) is -3.56. The van der Waals surface area contributed by atoms with Gasteiger partial charge >= 0.3 is 0 Å². The fourth-order valence-corrected chi connectivity index (χ4v) is 3.49. The van der Waals surface area contributed by atoms with Crippen LogP contribution in [-0.2, 0) is 14.8 Å². The Hall–Kier alpha value is -2.22. The van der Waals surface area contributed by atoms with Gasteiger partial charge in [-0.2, -0.15) is 0 Å². The largest absolute Gasteiger partial charge is 0.324 e. The molecule has 0 saturated heterocycles. The summed E-state index contributed by atoms with van der Waals surface area (Å²) >= 11 is 0. The van der Waals surface area contributed by atoms with E-state index in [1.165, 1.54) is 24.3 Å². The molecule has 134 valence electrons. The van der Waals surface area contributed by atoms with Crippen LogP contribution in [0.1, 0.15) is 31.0 Å². The average Bonchev–Trinajstić information content (AvgIpc) is 2.54. The van der Waals surface area contributed by atoms with Crippen molar-refractivity contribution in [1.29, 1.82) is 0 Å². The Morgan fingerprint density at radius 3 is 2.08 bits per heavy atom. The minimum absolute atomic E-state index is 0.141. The molecular weight excluding hydrogens is 338 g/mol. The summed E-state index contributed by atoms with van der Waals surface area (Å²) in [6.45, 7) is 5.45. The Kier molecular flexibility index (Phi) is 5.94. The fourth-order valence-electron chi connectivity index (χ4n) is 2.24. The third-order valence-electron chi connectivity index (χ3n) is 3.54. The van der Waals surface area contributed by atoms with E-state index in [0.717, 1.165) is 5.56 Å². The summed E-state index contributed by atoms with van der Waals surface area (Å²) < 4.78 is 26.7. The van der Waals surface area contributed by atoms with E-state index < -0.39 is 16.1 Å². The van der Waals surface area contributed by atoms with Gasteiger partial charge in [0.05, 0.1) is 4.90 Å². The van der Waals surface area contributed by atoms with Crippen molar-refractivity contribution >= 4 is 21.6 Å². The molecule has 2 rings (SSSR count). The highest BCUT2D eigenvalue weighted by atomic mass is 32.2. The summed E-state index contributed by atoms with van der Waals surface area (Å²) in [5.41, 5.74) is 8.25. The molecule has 1 atom stereocenters. The summed E-state index contributed by atoms with van der Waals surface area (Å²) in [5.74, 6) is -0.361. The third kappa shape index (κ3) is 5.12. The maximum absolute atomic E-state index is 12.3. The molecule has 6 nitrogen and oxygen atoms in total. The van der Waals surface area contributed by atoms with Gasteiger partial charge in [0.25, 0.3) is 0 Å². The number of nitrogens with one attached hydrogen (secondary N) is 2. The van der Waals surface area contributed by atoms with Crippen LogP contribution < -0.4 is 15.8 Å². The van der Waals surface area contributed by atoms with Crippen molar-refractivity contribution in [1.82, 2.24) is 4.72 Å². The van der Waals surface area contributed by atoms with Gasteiger partial charge in [-0.05, 0) is 50.6 Å². The Balaban J connectivity index is 2.08. The van der Waals surface area contributed by atoms with Gasteiger partial charge < -0.3 is 11.1 Å². The predicted molar refractivity (Wildman–Crippen MR) is 98.6 cm³/mol. The van der Waals surface area contributed by atoms with Crippen molar-refractivity contribution in [3.05, 3.63) is 59.7 Å². The molecule has 1 amide bonds. The minimum atomic E-state index is -3.56. The lowest BCUT2D eigenvalue weighted by molar-refractivity contribution is -0.117. The zero-order valence-corrected chi connectivity index (χ0v) is 15.3. The molecule has 0 aliphatic heterocycles. The first-order valence-electron chi connectivity index (χ1n) is 7.94. The number of anilines is 1. The lowest BCUT2D eigenvalue weighted by atomic mass is 10.1. The number of rotatable bonds is 6. The maximum Gasteiger partial charge on any atom is 0.245 e. The van der Waals surface area contributed by atoms with Crippen LogP contribution in [0.5, 0.6) is 0 Å². The molecule has 0 aliphatic carbocycles. The van der Waals surface area contributed by atoms with E-state index in [9.17, 15) is 13.2 Å². The molecule has 0 fully saturated rings. The van der Waals surface area contributed by atoms with Crippen LogP contribution in [-0.4, -0.2) is 20.4 Å². The molecule has 1 unspecified atom stereocenters. The van der Waals surface area contributed by atoms with Crippen molar-refractivity contribution in [2.24, 2.45) is 5.73 Å². The van der Waals surface area contributed by atoms with Gasteiger partial charge in [0.15, 0.2) is 0 Å². The van der Waals surface area contributed by atoms with E-state index in [0.29, 0.717) is 11.3 Å². The number of hydrogen-bond donors (Lipinski definition) is 3. The molecule has 2 aromatic rings. The molecule has 0 radical (unpaired) electrons. The van der Waals surface area contributed by atoms with E-state index in [1.807, 2.05) is 31.2 Å². The van der Waals surface area contributed by atoms with Crippen LogP contribution in [0.15, 0.2) is 53.4 Å². The van der Waals surface area contributed by atoms with E-state index in [-0.39, 0.29) is 16.8 Å². The summed E-state index contributed by atoms with van der Waals surface area (Å²) in [4.78, 5) is 12.4. The highest BCUT2D eigenvalue weighted by molar-refractivity contribution is 7.89. The average molecular weight is 361 g/mol. The second-order valence-corrected chi connectivity index (χ2v) is 7.89. The molecule has 0 aromatic heterocycles. The zero-order chi connectivity index (χ0) is 18.6. The first-order chi connectivity index (χ1) is 11.7. The molecule has 7 heteroatoms. The Morgan fingerprint density at radius 1 is 1.00 bits per heavy atom. The van der Waals surface area contributed by atoms with E-state index >= 15 is 0 Å². The highest BCUT2D eigenvalue weighted by Crippen LogP contribution is 2.17. The Labute approximate surface area is 148 Å². The van der Waals surface area contributed by atoms with Crippen LogP contribution in [0.25, 0.3) is 0 Å². The molecule has 0 aliphatic rings. The molecule has 0 spiro atoms. The topological polar surface area (TPSA) is 101 Å². The van der Waals surface area contributed by atoms with E-state index in [1.54, 1.807) is 13.8 Å². The van der Waals surface area contributed by atoms with Crippen LogP contribution in [0.4, 0.5) is 5.69 Å². The van der Waals surface area contributed by atoms with Gasteiger partial charge in [0.2, 0.25) is 15.9 Å². The number of aryl methyl sites for hydroxylation is 1. The second kappa shape index (κ2) is 7.77. The van der Waals surface area contributed by atoms with Crippen LogP contribution in [0.2, 0.25) is 0 Å². The summed E-state index contributed by atoms with van der Waals surface area (Å²) in [6.07, 6.45) is 0. The van der Waals surface area contributed by atoms with Crippen molar-refractivity contribution in [2.45, 2.75) is 37.8 Å². The predicted octanol–water partition coefficient (Wildman–Crippen LogP) is 2.32. The van der Waals surface area contributed by atoms with E-state index in [4.69, 9.17) is 5.73 Å². The van der Waals surface area contributed by atoms with Crippen molar-refractivity contribution < 1.29 is 13.2 Å². The molecule has 2 aromatic carbocycles. The smallest absolute Gasteiger partial charge is 0.245 e. The van der Waals surface area contributed by atoms with Crippen LogP contribution in [0.3, 0.4) is 0 Å². The zero-order valence-electron chi connectivity index (χ0n) is 14.5. The second-order valence-electron chi connectivity index (χ2n) is 6.18. The van der Waals surface area contributed by atoms with Gasteiger partial charge in [-0.15, -0.1) is 0 Å². The van der Waals surface area contributed by atoms with Crippen molar-refractivity contribution in [2.75, 3.05) is 5.32 Å². The molecule has 0 bridgehead atoms. The number of carbonyl (C=O) groups is 1. The Bertz CT molecular complexity index is 829. The van der Waals surface area contributed by atoms with Gasteiger partial charge in [0.1, 0.15) is 6.04 Å². The van der Waals surface area contributed by atoms with Gasteiger partial charge in [-0.3, -0.25) is 4.79 Å². The number of sulfonamides is 1. The molecule has 25 heavy (non-hydrogen) atoms. The fraction of sp³-hybridized carbons (Fsp3) is 0.278. The van der Waals surface area contributed by atoms with Crippen molar-refractivity contribution in [3.63, 3.8) is 0 Å². The number of amides is 1. The third-order valence-corrected chi connectivity index (χ3v) is 5.22. The molecule has 4 N–H and O–H groups in total. The molecule has 0 heterocycles. The van der Waals surface area contributed by atoms with E-state index in [2.05, 4.69) is 10.0 Å². The quantitative estimate of drug-likeness (QED) is 0.735. The normalized spacial score (nSPS) is 12.8. The van der Waals surface area contributed by atoms with Gasteiger partial charge in [-0.25, -0.2) is 13.1 Å². The SMILES string of the molecule is Cc1ccc(C(N)C(=O)Nc2ccc(S(=O)(=O)NC(C)C)cc2)cc1. The minimum Gasteiger partial charge on any atom is -0.324 e. The van der Waals surface area contributed by atoms with Gasteiger partial charge in [-0.1, -0.05) is 29.8 Å². The number of carbonyl (C=O) groups excluding carboxylic acids is 1. The monoisotopic (exact) mass is 361 g/mol. The Morgan fingerprint density at radius 2 is 1.56 bits per heavy atom. The first kappa shape index (κ1) is 19.1. The van der Waals surface area contributed by atoms with Gasteiger partial charge in [0, 0.05) is 11.7 Å². The first-order valence-corrected chi connectivity index (χ1v) is 9.43. The summed E-state index contributed by atoms with van der Waals surface area (Å²) in [6, 6.07) is 12.4. The lowest BCUT2D eigenvalue weighted by Gasteiger charge is -2.14. The maximum atomic E-state index is 12.3. The molecule has 0 saturated carbocycles. The van der Waals surface area contributed by atoms with Crippen LogP contribution >= 0.6 is 0 Å². The standard InChI is InChI=1S/C18H23N3O3S/c1-12(2)21-25(23,24)16-10-8-15(9-11-16)20-18(22)17(19)14-6-4-13(3)5-7-14/h4-12,17,21H,19H2,1-3H3,(H,20,22). The number of benzene rings is 2. The molecular formula is C18H23N3O3S. The van der Waals surface area contributed by atoms with Crippen molar-refractivity contribution in [3.8, 4) is 0 Å². The number of nitrogens with two attached hydrogens (primary N) is 1. The summed E-state index contributed by atoms with van der Waals surface area (Å²) in [5, 5.41) is 2.70.